The Morgan fingerprint density at radius 2 is 2.28 bits per heavy atom. The van der Waals surface area contributed by atoms with Gasteiger partial charge >= 0.3 is 0 Å². The van der Waals surface area contributed by atoms with Crippen molar-refractivity contribution in [2.75, 3.05) is 13.2 Å². The molecular weight excluding hydrogens is 238 g/mol. The fraction of sp³-hybridized carbons (Fsp3) is 0.538. The number of rotatable bonds is 4. The summed E-state index contributed by atoms with van der Waals surface area (Å²) in [6.45, 7) is 2.96. The van der Waals surface area contributed by atoms with Crippen LogP contribution in [-0.4, -0.2) is 13.2 Å². The van der Waals surface area contributed by atoms with Crippen LogP contribution in [0.25, 0.3) is 0 Å². The maximum atomic E-state index is 14.0. The van der Waals surface area contributed by atoms with Gasteiger partial charge in [-0.15, -0.1) is 0 Å². The molecular formula is C13H18F2N2O. The Labute approximate surface area is 105 Å². The molecule has 0 spiro atoms. The Morgan fingerprint density at radius 3 is 2.89 bits per heavy atom. The van der Waals surface area contributed by atoms with Crippen molar-refractivity contribution in [2.24, 2.45) is 11.8 Å². The maximum absolute atomic E-state index is 14.0. The molecule has 3 N–H and O–H groups in total. The zero-order chi connectivity index (χ0) is 13.1. The predicted octanol–water partition coefficient (Wildman–Crippen LogP) is 2.20. The average molecular weight is 256 g/mol. The van der Waals surface area contributed by atoms with Gasteiger partial charge in [-0.25, -0.2) is 8.78 Å². The highest BCUT2D eigenvalue weighted by atomic mass is 19.1. The molecule has 0 amide bonds. The van der Waals surface area contributed by atoms with Crippen molar-refractivity contribution in [3.8, 4) is 0 Å². The van der Waals surface area contributed by atoms with E-state index in [0.29, 0.717) is 31.1 Å². The average Bonchev–Trinajstić information content (AvgIpc) is 2.86. The first-order valence-electron chi connectivity index (χ1n) is 6.12. The first-order chi connectivity index (χ1) is 8.63. The van der Waals surface area contributed by atoms with Gasteiger partial charge in [0.25, 0.3) is 0 Å². The quantitative estimate of drug-likeness (QED) is 0.641. The molecule has 1 fully saturated rings. The first-order valence-corrected chi connectivity index (χ1v) is 6.12. The molecule has 1 aromatic rings. The van der Waals surface area contributed by atoms with E-state index >= 15 is 0 Å². The minimum atomic E-state index is -0.556. The van der Waals surface area contributed by atoms with Crippen LogP contribution in [0.15, 0.2) is 12.1 Å². The standard InChI is InChI=1S/C13H18F2N2O/c1-8-2-3-10(14)12(13(8)15)11(17-16)6-9-4-5-18-7-9/h2-3,9,11,17H,4-7,16H2,1H3. The van der Waals surface area contributed by atoms with Crippen molar-refractivity contribution < 1.29 is 13.5 Å². The van der Waals surface area contributed by atoms with Gasteiger partial charge in [-0.05, 0) is 37.3 Å². The molecule has 3 nitrogen and oxygen atoms in total. The van der Waals surface area contributed by atoms with E-state index in [2.05, 4.69) is 5.43 Å². The summed E-state index contributed by atoms with van der Waals surface area (Å²) in [5.74, 6) is 4.67. The molecule has 1 heterocycles. The summed E-state index contributed by atoms with van der Waals surface area (Å²) in [5, 5.41) is 0. The zero-order valence-electron chi connectivity index (χ0n) is 10.4. The van der Waals surface area contributed by atoms with E-state index in [0.717, 1.165) is 6.42 Å². The molecule has 1 aliphatic heterocycles. The van der Waals surface area contributed by atoms with Crippen LogP contribution in [0.5, 0.6) is 0 Å². The largest absolute Gasteiger partial charge is 0.381 e. The number of nitrogens with one attached hydrogen (secondary N) is 1. The normalized spacial score (nSPS) is 21.2. The number of hydrogen-bond donors (Lipinski definition) is 2. The van der Waals surface area contributed by atoms with Crippen LogP contribution in [0.1, 0.15) is 30.0 Å². The number of nitrogens with two attached hydrogens (primary N) is 1. The fourth-order valence-electron chi connectivity index (χ4n) is 2.37. The summed E-state index contributed by atoms with van der Waals surface area (Å²) in [4.78, 5) is 0. The Kier molecular flexibility index (Phi) is 4.27. The minimum Gasteiger partial charge on any atom is -0.381 e. The highest BCUT2D eigenvalue weighted by Crippen LogP contribution is 2.30. The number of halogens is 2. The van der Waals surface area contributed by atoms with Crippen molar-refractivity contribution in [1.29, 1.82) is 0 Å². The molecule has 0 aromatic heterocycles. The van der Waals surface area contributed by atoms with E-state index in [1.807, 2.05) is 0 Å². The highest BCUT2D eigenvalue weighted by molar-refractivity contribution is 5.29. The van der Waals surface area contributed by atoms with Crippen LogP contribution in [0, 0.1) is 24.5 Å². The summed E-state index contributed by atoms with van der Waals surface area (Å²) >= 11 is 0. The van der Waals surface area contributed by atoms with Gasteiger partial charge in [0.1, 0.15) is 11.6 Å². The summed E-state index contributed by atoms with van der Waals surface area (Å²) < 4.78 is 33.0. The highest BCUT2D eigenvalue weighted by Gasteiger charge is 2.26. The van der Waals surface area contributed by atoms with Crippen LogP contribution in [-0.2, 0) is 4.74 Å². The number of hydrazine groups is 1. The van der Waals surface area contributed by atoms with Crippen molar-refractivity contribution in [3.05, 3.63) is 34.9 Å². The molecule has 100 valence electrons. The number of aryl methyl sites for hydroxylation is 1. The van der Waals surface area contributed by atoms with Crippen LogP contribution >= 0.6 is 0 Å². The Bertz CT molecular complexity index is 420. The SMILES string of the molecule is Cc1ccc(F)c(C(CC2CCOC2)NN)c1F. The summed E-state index contributed by atoms with van der Waals surface area (Å²) in [6, 6.07) is 2.19. The lowest BCUT2D eigenvalue weighted by atomic mass is 9.93. The molecule has 1 aromatic carbocycles. The molecule has 2 rings (SSSR count). The summed E-state index contributed by atoms with van der Waals surface area (Å²) in [6.07, 6.45) is 1.49. The third-order valence-corrected chi connectivity index (χ3v) is 3.46. The van der Waals surface area contributed by atoms with Gasteiger partial charge < -0.3 is 4.74 Å². The lowest BCUT2D eigenvalue weighted by Gasteiger charge is -2.21. The van der Waals surface area contributed by atoms with E-state index in [1.54, 1.807) is 6.92 Å². The van der Waals surface area contributed by atoms with Crippen molar-refractivity contribution >= 4 is 0 Å². The predicted molar refractivity (Wildman–Crippen MR) is 64.7 cm³/mol. The molecule has 2 unspecified atom stereocenters. The number of ether oxygens (including phenoxy) is 1. The molecule has 0 aliphatic carbocycles. The van der Waals surface area contributed by atoms with Crippen molar-refractivity contribution in [3.63, 3.8) is 0 Å². The second-order valence-corrected chi connectivity index (χ2v) is 4.78. The third kappa shape index (κ3) is 2.68. The van der Waals surface area contributed by atoms with Gasteiger partial charge in [-0.2, -0.15) is 0 Å². The monoisotopic (exact) mass is 256 g/mol. The second kappa shape index (κ2) is 5.73. The number of hydrogen-bond acceptors (Lipinski definition) is 3. The maximum Gasteiger partial charge on any atom is 0.133 e. The summed E-state index contributed by atoms with van der Waals surface area (Å²) in [5.41, 5.74) is 2.98. The van der Waals surface area contributed by atoms with Crippen LogP contribution in [0.3, 0.4) is 0 Å². The van der Waals surface area contributed by atoms with Crippen LogP contribution in [0.4, 0.5) is 8.78 Å². The van der Waals surface area contributed by atoms with Crippen LogP contribution in [0.2, 0.25) is 0 Å². The first kappa shape index (κ1) is 13.4. The van der Waals surface area contributed by atoms with E-state index in [-0.39, 0.29) is 5.56 Å². The zero-order valence-corrected chi connectivity index (χ0v) is 10.4. The third-order valence-electron chi connectivity index (χ3n) is 3.46. The molecule has 5 heteroatoms. The molecule has 0 saturated carbocycles. The number of benzene rings is 1. The van der Waals surface area contributed by atoms with Gasteiger partial charge in [-0.1, -0.05) is 6.07 Å². The van der Waals surface area contributed by atoms with E-state index < -0.39 is 17.7 Å². The van der Waals surface area contributed by atoms with Gasteiger partial charge in [0.15, 0.2) is 0 Å². The fourth-order valence-corrected chi connectivity index (χ4v) is 2.37. The molecule has 2 atom stereocenters. The minimum absolute atomic E-state index is 0.0319. The van der Waals surface area contributed by atoms with Crippen molar-refractivity contribution in [2.45, 2.75) is 25.8 Å². The Balaban J connectivity index is 2.23. The Morgan fingerprint density at radius 1 is 1.50 bits per heavy atom. The van der Waals surface area contributed by atoms with E-state index in [9.17, 15) is 8.78 Å². The molecule has 1 saturated heterocycles. The van der Waals surface area contributed by atoms with Gasteiger partial charge in [0.05, 0.1) is 6.04 Å². The second-order valence-electron chi connectivity index (χ2n) is 4.78. The van der Waals surface area contributed by atoms with Gasteiger partial charge in [0, 0.05) is 18.8 Å². The Hall–Kier alpha value is -1.04. The summed E-state index contributed by atoms with van der Waals surface area (Å²) in [7, 11) is 0. The topological polar surface area (TPSA) is 47.3 Å². The lowest BCUT2D eigenvalue weighted by Crippen LogP contribution is -2.31. The molecule has 0 bridgehead atoms. The molecule has 0 radical (unpaired) electrons. The van der Waals surface area contributed by atoms with Gasteiger partial charge in [0.2, 0.25) is 0 Å². The molecule has 18 heavy (non-hydrogen) atoms. The molecule has 1 aliphatic rings. The van der Waals surface area contributed by atoms with E-state index in [4.69, 9.17) is 10.6 Å². The van der Waals surface area contributed by atoms with Crippen molar-refractivity contribution in [1.82, 2.24) is 5.43 Å². The van der Waals surface area contributed by atoms with Gasteiger partial charge in [-0.3, -0.25) is 11.3 Å². The van der Waals surface area contributed by atoms with E-state index in [1.165, 1.54) is 12.1 Å². The lowest BCUT2D eigenvalue weighted by molar-refractivity contribution is 0.181. The van der Waals surface area contributed by atoms with Crippen LogP contribution < -0.4 is 11.3 Å². The smallest absolute Gasteiger partial charge is 0.133 e.